The minimum Gasteiger partial charge on any atom is -0.325 e. The van der Waals surface area contributed by atoms with E-state index in [9.17, 15) is 4.79 Å². The number of aromatic nitrogens is 4. The summed E-state index contributed by atoms with van der Waals surface area (Å²) in [5, 5.41) is 0.631. The smallest absolute Gasteiger partial charge is 0.266 e. The molecule has 2 atom stereocenters. The number of para-hydroxylation sites is 1. The van der Waals surface area contributed by atoms with Crippen LogP contribution in [-0.2, 0) is 6.42 Å². The molecule has 0 aliphatic rings. The Morgan fingerprint density at radius 3 is 2.47 bits per heavy atom. The fourth-order valence-electron chi connectivity index (χ4n) is 4.22. The van der Waals surface area contributed by atoms with E-state index >= 15 is 0 Å². The maximum Gasteiger partial charge on any atom is 0.266 e. The van der Waals surface area contributed by atoms with Crippen LogP contribution in [0.4, 0.5) is 0 Å². The SMILES string of the molecule is CCCCc1nccn1C(C)c1nc2ccccc2c(=O)n1-c1ccc(C(C)CC)cc1. The molecular formula is C27H32N4O. The average Bonchev–Trinajstić information content (AvgIpc) is 3.30. The summed E-state index contributed by atoms with van der Waals surface area (Å²) in [4.78, 5) is 23.2. The van der Waals surface area contributed by atoms with Gasteiger partial charge in [-0.1, -0.05) is 51.5 Å². The van der Waals surface area contributed by atoms with Crippen molar-refractivity contribution in [3.63, 3.8) is 0 Å². The number of benzene rings is 2. The first-order valence-electron chi connectivity index (χ1n) is 11.7. The molecule has 2 aromatic carbocycles. The van der Waals surface area contributed by atoms with Crippen LogP contribution < -0.4 is 5.56 Å². The van der Waals surface area contributed by atoms with Gasteiger partial charge in [-0.3, -0.25) is 9.36 Å². The molecule has 2 unspecified atom stereocenters. The van der Waals surface area contributed by atoms with Crippen LogP contribution in [0.3, 0.4) is 0 Å². The molecule has 0 spiro atoms. The van der Waals surface area contributed by atoms with Crippen LogP contribution >= 0.6 is 0 Å². The number of nitrogens with zero attached hydrogens (tertiary/aromatic N) is 4. The maximum absolute atomic E-state index is 13.7. The third kappa shape index (κ3) is 4.12. The molecule has 0 radical (unpaired) electrons. The maximum atomic E-state index is 13.7. The van der Waals surface area contributed by atoms with Gasteiger partial charge in [-0.25, -0.2) is 9.97 Å². The van der Waals surface area contributed by atoms with E-state index in [-0.39, 0.29) is 11.6 Å². The summed E-state index contributed by atoms with van der Waals surface area (Å²) < 4.78 is 3.92. The molecule has 0 aliphatic heterocycles. The molecule has 0 bridgehead atoms. The van der Waals surface area contributed by atoms with E-state index in [4.69, 9.17) is 4.98 Å². The number of rotatable bonds is 8. The number of aryl methyl sites for hydroxylation is 1. The topological polar surface area (TPSA) is 52.7 Å². The second-order valence-electron chi connectivity index (χ2n) is 8.56. The Hall–Kier alpha value is -3.21. The Labute approximate surface area is 189 Å². The molecule has 5 heteroatoms. The quantitative estimate of drug-likeness (QED) is 0.343. The largest absolute Gasteiger partial charge is 0.325 e. The minimum atomic E-state index is -0.129. The van der Waals surface area contributed by atoms with Crippen LogP contribution in [0.15, 0.2) is 65.7 Å². The molecule has 0 amide bonds. The summed E-state index contributed by atoms with van der Waals surface area (Å²) in [7, 11) is 0. The van der Waals surface area contributed by atoms with E-state index < -0.39 is 0 Å². The van der Waals surface area contributed by atoms with Crippen molar-refractivity contribution in [3.8, 4) is 5.69 Å². The minimum absolute atomic E-state index is 0.0380. The molecule has 0 saturated carbocycles. The standard InChI is InChI=1S/C27H32N4O/c1-5-7-12-25-28-17-18-30(25)20(4)26-29-24-11-9-8-10-23(24)27(32)31(26)22-15-13-21(14-16-22)19(3)6-2/h8-11,13-20H,5-7,12H2,1-4H3. The molecule has 0 fully saturated rings. The normalized spacial score (nSPS) is 13.4. The van der Waals surface area contributed by atoms with E-state index in [1.54, 1.807) is 4.57 Å². The second kappa shape index (κ2) is 9.51. The van der Waals surface area contributed by atoms with Gasteiger partial charge in [0.2, 0.25) is 0 Å². The highest BCUT2D eigenvalue weighted by molar-refractivity contribution is 5.77. The molecule has 0 aliphatic carbocycles. The lowest BCUT2D eigenvalue weighted by Crippen LogP contribution is -2.27. The zero-order valence-corrected chi connectivity index (χ0v) is 19.5. The van der Waals surface area contributed by atoms with Crippen LogP contribution in [-0.4, -0.2) is 19.1 Å². The molecule has 4 aromatic rings. The number of imidazole rings is 1. The summed E-state index contributed by atoms with van der Waals surface area (Å²) in [6.45, 7) is 8.69. The molecule has 0 saturated heterocycles. The predicted molar refractivity (Wildman–Crippen MR) is 131 cm³/mol. The zero-order chi connectivity index (χ0) is 22.7. The third-order valence-corrected chi connectivity index (χ3v) is 6.43. The Bertz CT molecular complexity index is 1250. The summed E-state index contributed by atoms with van der Waals surface area (Å²) in [6, 6.07) is 15.8. The van der Waals surface area contributed by atoms with Crippen molar-refractivity contribution in [2.75, 3.05) is 0 Å². The van der Waals surface area contributed by atoms with Gasteiger partial charge in [0.25, 0.3) is 5.56 Å². The van der Waals surface area contributed by atoms with Crippen molar-refractivity contribution in [1.29, 1.82) is 0 Å². The average molecular weight is 429 g/mol. The Balaban J connectivity index is 1.89. The van der Waals surface area contributed by atoms with Crippen LogP contribution in [0.25, 0.3) is 16.6 Å². The monoisotopic (exact) mass is 428 g/mol. The van der Waals surface area contributed by atoms with Crippen LogP contribution in [0, 0.1) is 0 Å². The van der Waals surface area contributed by atoms with Crippen molar-refractivity contribution < 1.29 is 0 Å². The lowest BCUT2D eigenvalue weighted by molar-refractivity contribution is 0.547. The van der Waals surface area contributed by atoms with E-state index in [2.05, 4.69) is 49.4 Å². The molecule has 4 rings (SSSR count). The second-order valence-corrected chi connectivity index (χ2v) is 8.56. The Morgan fingerprint density at radius 2 is 1.75 bits per heavy atom. The van der Waals surface area contributed by atoms with Gasteiger partial charge in [0.1, 0.15) is 11.6 Å². The first kappa shape index (κ1) is 22.0. The summed E-state index contributed by atoms with van der Waals surface area (Å²) in [5.41, 5.74) is 2.81. The zero-order valence-electron chi connectivity index (χ0n) is 19.5. The summed E-state index contributed by atoms with van der Waals surface area (Å²) in [6.07, 6.45) is 8.02. The molecule has 0 N–H and O–H groups in total. The first-order valence-corrected chi connectivity index (χ1v) is 11.7. The third-order valence-electron chi connectivity index (χ3n) is 6.43. The van der Waals surface area contributed by atoms with Crippen molar-refractivity contribution in [3.05, 3.63) is 88.5 Å². The van der Waals surface area contributed by atoms with Crippen molar-refractivity contribution >= 4 is 10.9 Å². The molecule has 32 heavy (non-hydrogen) atoms. The summed E-state index contributed by atoms with van der Waals surface area (Å²) in [5.74, 6) is 2.24. The van der Waals surface area contributed by atoms with Gasteiger partial charge in [0.15, 0.2) is 0 Å². The Morgan fingerprint density at radius 1 is 1.00 bits per heavy atom. The van der Waals surface area contributed by atoms with E-state index in [1.807, 2.05) is 48.8 Å². The van der Waals surface area contributed by atoms with Gasteiger partial charge in [0, 0.05) is 18.8 Å². The molecular weight excluding hydrogens is 396 g/mol. The summed E-state index contributed by atoms with van der Waals surface area (Å²) >= 11 is 0. The molecule has 5 nitrogen and oxygen atoms in total. The fourth-order valence-corrected chi connectivity index (χ4v) is 4.22. The van der Waals surface area contributed by atoms with Crippen LogP contribution in [0.2, 0.25) is 0 Å². The highest BCUT2D eigenvalue weighted by Gasteiger charge is 2.21. The lowest BCUT2D eigenvalue weighted by Gasteiger charge is -2.21. The Kier molecular flexibility index (Phi) is 6.54. The van der Waals surface area contributed by atoms with E-state index in [0.717, 1.165) is 48.5 Å². The van der Waals surface area contributed by atoms with Crippen molar-refractivity contribution in [2.45, 2.75) is 65.3 Å². The van der Waals surface area contributed by atoms with Gasteiger partial charge in [-0.05, 0) is 55.5 Å². The van der Waals surface area contributed by atoms with E-state index in [0.29, 0.717) is 11.3 Å². The molecule has 166 valence electrons. The van der Waals surface area contributed by atoms with Gasteiger partial charge in [0.05, 0.1) is 22.6 Å². The number of hydrogen-bond acceptors (Lipinski definition) is 3. The number of fused-ring (bicyclic) bond motifs is 1. The van der Waals surface area contributed by atoms with Gasteiger partial charge in [-0.15, -0.1) is 0 Å². The van der Waals surface area contributed by atoms with E-state index in [1.165, 1.54) is 5.56 Å². The molecule has 2 heterocycles. The lowest BCUT2D eigenvalue weighted by atomic mass is 9.98. The number of hydrogen-bond donors (Lipinski definition) is 0. The van der Waals surface area contributed by atoms with Crippen molar-refractivity contribution in [1.82, 2.24) is 19.1 Å². The van der Waals surface area contributed by atoms with Crippen LogP contribution in [0.1, 0.15) is 76.1 Å². The van der Waals surface area contributed by atoms with Gasteiger partial charge >= 0.3 is 0 Å². The highest BCUT2D eigenvalue weighted by Crippen LogP contribution is 2.25. The van der Waals surface area contributed by atoms with Crippen molar-refractivity contribution in [2.24, 2.45) is 0 Å². The number of unbranched alkanes of at least 4 members (excludes halogenated alkanes) is 1. The van der Waals surface area contributed by atoms with Gasteiger partial charge < -0.3 is 4.57 Å². The first-order chi connectivity index (χ1) is 15.5. The fraction of sp³-hybridized carbons (Fsp3) is 0.370. The van der Waals surface area contributed by atoms with Crippen LogP contribution in [0.5, 0.6) is 0 Å². The molecule has 2 aromatic heterocycles. The highest BCUT2D eigenvalue weighted by atomic mass is 16.1. The predicted octanol–water partition coefficient (Wildman–Crippen LogP) is 6.05. The van der Waals surface area contributed by atoms with Gasteiger partial charge in [-0.2, -0.15) is 0 Å².